The predicted molar refractivity (Wildman–Crippen MR) is 60.4 cm³/mol. The number of aromatic nitrogens is 2. The van der Waals surface area contributed by atoms with Crippen LogP contribution in [-0.4, -0.2) is 42.6 Å². The van der Waals surface area contributed by atoms with E-state index in [4.69, 9.17) is 9.26 Å². The summed E-state index contributed by atoms with van der Waals surface area (Å²) >= 11 is 0. The molecule has 1 aromatic heterocycles. The quantitative estimate of drug-likeness (QED) is 0.671. The number of ether oxygens (including phenoxy) is 1. The Bertz CT molecular complexity index is 426. The number of hydrogen-bond donors (Lipinski definition) is 2. The van der Waals surface area contributed by atoms with Gasteiger partial charge in [0.2, 0.25) is 11.2 Å². The molecule has 18 heavy (non-hydrogen) atoms. The van der Waals surface area contributed by atoms with Gasteiger partial charge in [0.15, 0.2) is 0 Å². The fourth-order valence-corrected chi connectivity index (χ4v) is 1.81. The third kappa shape index (κ3) is 2.59. The fraction of sp³-hybridized carbons (Fsp3) is 0.700. The zero-order valence-corrected chi connectivity index (χ0v) is 10.4. The molecule has 8 heteroatoms. The molecule has 1 aliphatic rings. The van der Waals surface area contributed by atoms with E-state index < -0.39 is 6.10 Å². The number of carbonyl (C=O) groups is 1. The van der Waals surface area contributed by atoms with Crippen LogP contribution in [0, 0.1) is 0 Å². The van der Waals surface area contributed by atoms with Gasteiger partial charge >= 0.3 is 11.6 Å². The Hall–Kier alpha value is -1.67. The first-order valence-corrected chi connectivity index (χ1v) is 5.80. The van der Waals surface area contributed by atoms with Gasteiger partial charge in [0, 0.05) is 6.92 Å². The summed E-state index contributed by atoms with van der Waals surface area (Å²) in [6.07, 6.45) is -0.805. The van der Waals surface area contributed by atoms with E-state index in [1.165, 1.54) is 11.7 Å². The molecule has 2 heterocycles. The molecule has 1 fully saturated rings. The number of rotatable bonds is 3. The van der Waals surface area contributed by atoms with Crippen molar-refractivity contribution in [3.05, 3.63) is 5.69 Å². The van der Waals surface area contributed by atoms with Crippen molar-refractivity contribution in [3.8, 4) is 0 Å². The van der Waals surface area contributed by atoms with Crippen molar-refractivity contribution in [1.29, 1.82) is 0 Å². The molecule has 1 unspecified atom stereocenters. The smallest absolute Gasteiger partial charge is 0.336 e. The second-order valence-electron chi connectivity index (χ2n) is 4.10. The molecule has 1 aliphatic heterocycles. The molecular formula is C10H17N4O4+. The maximum atomic E-state index is 11.1. The lowest BCUT2D eigenvalue weighted by molar-refractivity contribution is -0.768. The Morgan fingerprint density at radius 1 is 1.56 bits per heavy atom. The van der Waals surface area contributed by atoms with Crippen LogP contribution in [0.15, 0.2) is 4.52 Å². The van der Waals surface area contributed by atoms with Crippen LogP contribution in [0.4, 0.5) is 5.88 Å². The number of amides is 1. The van der Waals surface area contributed by atoms with Gasteiger partial charge in [0.25, 0.3) is 0 Å². The Morgan fingerprint density at radius 3 is 2.78 bits per heavy atom. The third-order valence-electron chi connectivity index (χ3n) is 2.60. The second kappa shape index (κ2) is 5.32. The number of morpholine rings is 1. The van der Waals surface area contributed by atoms with Crippen LogP contribution in [0.2, 0.25) is 0 Å². The number of aliphatic hydroxyl groups excluding tert-OH is 1. The molecular weight excluding hydrogens is 240 g/mol. The normalized spacial score (nSPS) is 17.6. The predicted octanol–water partition coefficient (Wildman–Crippen LogP) is -1.06. The minimum absolute atomic E-state index is 0.170. The summed E-state index contributed by atoms with van der Waals surface area (Å²) in [5, 5.41) is 18.0. The molecule has 0 aliphatic carbocycles. The van der Waals surface area contributed by atoms with Gasteiger partial charge in [-0.2, -0.15) is 0 Å². The van der Waals surface area contributed by atoms with Gasteiger partial charge in [-0.3, -0.25) is 14.6 Å². The molecule has 8 nitrogen and oxygen atoms in total. The largest absolute Gasteiger partial charge is 0.382 e. The van der Waals surface area contributed by atoms with Crippen LogP contribution in [0.3, 0.4) is 0 Å². The molecule has 0 saturated carbocycles. The number of anilines is 1. The number of nitrogens with one attached hydrogen (secondary N) is 1. The molecule has 0 spiro atoms. The van der Waals surface area contributed by atoms with E-state index in [2.05, 4.69) is 10.6 Å². The van der Waals surface area contributed by atoms with E-state index >= 15 is 0 Å². The lowest BCUT2D eigenvalue weighted by Crippen LogP contribution is -2.65. The zero-order chi connectivity index (χ0) is 13.1. The average molecular weight is 257 g/mol. The van der Waals surface area contributed by atoms with Crippen molar-refractivity contribution in [2.45, 2.75) is 20.0 Å². The van der Waals surface area contributed by atoms with E-state index in [1.54, 1.807) is 6.92 Å². The van der Waals surface area contributed by atoms with Crippen molar-refractivity contribution < 1.29 is 24.0 Å². The zero-order valence-electron chi connectivity index (χ0n) is 10.4. The van der Waals surface area contributed by atoms with E-state index in [1.807, 2.05) is 5.01 Å². The Kier molecular flexibility index (Phi) is 3.78. The minimum atomic E-state index is -0.805. The molecule has 0 bridgehead atoms. The summed E-state index contributed by atoms with van der Waals surface area (Å²) in [6.45, 7) is 5.44. The molecule has 0 radical (unpaired) electrons. The van der Waals surface area contributed by atoms with Crippen molar-refractivity contribution in [2.24, 2.45) is 0 Å². The monoisotopic (exact) mass is 257 g/mol. The van der Waals surface area contributed by atoms with Crippen LogP contribution in [-0.2, 0) is 9.53 Å². The third-order valence-corrected chi connectivity index (χ3v) is 2.60. The number of aliphatic hydroxyl groups is 1. The van der Waals surface area contributed by atoms with Crippen LogP contribution < -0.4 is 15.1 Å². The number of hydrogen-bond acceptors (Lipinski definition) is 6. The van der Waals surface area contributed by atoms with E-state index in [0.29, 0.717) is 32.0 Å². The summed E-state index contributed by atoms with van der Waals surface area (Å²) < 4.78 is 10.3. The highest BCUT2D eigenvalue weighted by Gasteiger charge is 2.35. The van der Waals surface area contributed by atoms with E-state index in [0.717, 1.165) is 0 Å². The number of nitrogens with zero attached hydrogens (tertiary/aromatic N) is 3. The highest BCUT2D eigenvalue weighted by Crippen LogP contribution is 2.18. The summed E-state index contributed by atoms with van der Waals surface area (Å²) in [6, 6.07) is 0. The van der Waals surface area contributed by atoms with Crippen LogP contribution in [0.25, 0.3) is 0 Å². The Morgan fingerprint density at radius 2 is 2.22 bits per heavy atom. The summed E-state index contributed by atoms with van der Waals surface area (Å²) in [7, 11) is 0. The van der Waals surface area contributed by atoms with Crippen LogP contribution in [0.1, 0.15) is 25.6 Å². The first-order chi connectivity index (χ1) is 8.59. The van der Waals surface area contributed by atoms with Gasteiger partial charge < -0.3 is 9.84 Å². The standard InChI is InChI=1S/C10H16N4O4/c1-7(15)9-10(11-8(2)16)18-12-14(9)13-3-5-17-6-4-13/h7,15H,3-6H2,1-2H3/p+1. The van der Waals surface area contributed by atoms with Gasteiger partial charge in [0.1, 0.15) is 6.10 Å². The minimum Gasteiger partial charge on any atom is -0.382 e. The van der Waals surface area contributed by atoms with Gasteiger partial charge in [0.05, 0.1) is 31.1 Å². The van der Waals surface area contributed by atoms with Crippen LogP contribution in [0.5, 0.6) is 0 Å². The Labute approximate surface area is 104 Å². The fourth-order valence-electron chi connectivity index (χ4n) is 1.81. The topological polar surface area (TPSA) is 91.7 Å². The second-order valence-corrected chi connectivity index (χ2v) is 4.10. The summed E-state index contributed by atoms with van der Waals surface area (Å²) in [5.74, 6) is -0.105. The van der Waals surface area contributed by atoms with Crippen molar-refractivity contribution in [3.63, 3.8) is 0 Å². The van der Waals surface area contributed by atoms with Gasteiger partial charge in [-0.25, -0.2) is 0 Å². The first-order valence-electron chi connectivity index (χ1n) is 5.80. The van der Waals surface area contributed by atoms with E-state index in [9.17, 15) is 9.90 Å². The summed E-state index contributed by atoms with van der Waals surface area (Å²) in [4.78, 5) is 12.5. The number of carbonyl (C=O) groups excluding carboxylic acids is 1. The molecule has 1 amide bonds. The highest BCUT2D eigenvalue weighted by atomic mass is 16.5. The lowest BCUT2D eigenvalue weighted by atomic mass is 10.3. The maximum Gasteiger partial charge on any atom is 0.336 e. The molecule has 0 aromatic carbocycles. The van der Waals surface area contributed by atoms with Crippen LogP contribution >= 0.6 is 0 Å². The van der Waals surface area contributed by atoms with Gasteiger partial charge in [-0.05, 0) is 6.92 Å². The Balaban J connectivity index is 2.28. The van der Waals surface area contributed by atoms with E-state index in [-0.39, 0.29) is 11.8 Å². The SMILES string of the molecule is CC(=O)Nc1on[n+](N2CCOCC2)c1C(C)O. The lowest BCUT2D eigenvalue weighted by Gasteiger charge is -2.20. The molecule has 2 N–H and O–H groups in total. The maximum absolute atomic E-state index is 11.1. The first kappa shape index (κ1) is 12.8. The van der Waals surface area contributed by atoms with Crippen molar-refractivity contribution >= 4 is 11.8 Å². The molecule has 1 atom stereocenters. The van der Waals surface area contributed by atoms with Crippen molar-refractivity contribution in [2.75, 3.05) is 36.6 Å². The van der Waals surface area contributed by atoms with Gasteiger partial charge in [-0.15, -0.1) is 5.01 Å². The van der Waals surface area contributed by atoms with Crippen molar-refractivity contribution in [1.82, 2.24) is 5.27 Å². The van der Waals surface area contributed by atoms with Gasteiger partial charge in [-0.1, -0.05) is 0 Å². The molecule has 1 saturated heterocycles. The highest BCUT2D eigenvalue weighted by molar-refractivity contribution is 5.87. The summed E-state index contributed by atoms with van der Waals surface area (Å²) in [5.41, 5.74) is 0.423. The molecule has 100 valence electrons. The molecule has 1 aromatic rings. The molecule has 2 rings (SSSR count). The average Bonchev–Trinajstić information content (AvgIpc) is 2.73.